The predicted molar refractivity (Wildman–Crippen MR) is 84.3 cm³/mol. The molecule has 0 bridgehead atoms. The Morgan fingerprint density at radius 1 is 1.22 bits per heavy atom. The van der Waals surface area contributed by atoms with Crippen LogP contribution in [-0.2, 0) is 16.4 Å². The van der Waals surface area contributed by atoms with Gasteiger partial charge in [0.15, 0.2) is 5.82 Å². The number of pyridine rings is 1. The van der Waals surface area contributed by atoms with E-state index in [0.717, 1.165) is 0 Å². The molecule has 3 aromatic rings. The molecule has 0 fully saturated rings. The minimum Gasteiger partial charge on any atom is -0.343 e. The number of rotatable bonds is 5. The van der Waals surface area contributed by atoms with Gasteiger partial charge in [-0.15, -0.1) is 0 Å². The molecule has 2 heterocycles. The van der Waals surface area contributed by atoms with Crippen molar-refractivity contribution in [1.82, 2.24) is 19.4 Å². The van der Waals surface area contributed by atoms with Crippen LogP contribution in [0.1, 0.15) is 11.4 Å². The number of aromatic nitrogens is 3. The SMILES string of the molecule is Cc1ccc2ncccc2c1S(=O)(=O)N(C)CCc1ncon1. The fourth-order valence-electron chi connectivity index (χ4n) is 2.41. The van der Waals surface area contributed by atoms with E-state index in [-0.39, 0.29) is 6.54 Å². The normalized spacial score (nSPS) is 12.1. The number of hydrogen-bond acceptors (Lipinski definition) is 6. The second-order valence-corrected chi connectivity index (χ2v) is 7.19. The molecule has 0 aliphatic carbocycles. The molecule has 0 amide bonds. The first-order chi connectivity index (χ1) is 11.0. The summed E-state index contributed by atoms with van der Waals surface area (Å²) in [6.07, 6.45) is 3.26. The van der Waals surface area contributed by atoms with Gasteiger partial charge in [0.25, 0.3) is 0 Å². The first-order valence-electron chi connectivity index (χ1n) is 7.06. The van der Waals surface area contributed by atoms with Crippen molar-refractivity contribution in [2.24, 2.45) is 0 Å². The van der Waals surface area contributed by atoms with Gasteiger partial charge in [-0.05, 0) is 30.7 Å². The summed E-state index contributed by atoms with van der Waals surface area (Å²) in [5.74, 6) is 0.475. The van der Waals surface area contributed by atoms with E-state index in [2.05, 4.69) is 19.6 Å². The van der Waals surface area contributed by atoms with Gasteiger partial charge in [0.2, 0.25) is 16.4 Å². The van der Waals surface area contributed by atoms with Gasteiger partial charge < -0.3 is 4.52 Å². The zero-order valence-electron chi connectivity index (χ0n) is 12.8. The quantitative estimate of drug-likeness (QED) is 0.707. The standard InChI is InChI=1S/C15H16N4O3S/c1-11-5-6-13-12(4-3-8-16-13)15(11)23(20,21)19(2)9-7-14-17-10-22-18-14/h3-6,8,10H,7,9H2,1-2H3. The number of aryl methyl sites for hydroxylation is 1. The maximum Gasteiger partial charge on any atom is 0.243 e. The Bertz CT molecular complexity index is 923. The predicted octanol–water partition coefficient (Wildman–Crippen LogP) is 1.79. The van der Waals surface area contributed by atoms with Crippen LogP contribution in [0, 0.1) is 6.92 Å². The van der Waals surface area contributed by atoms with Crippen LogP contribution in [-0.4, -0.2) is 41.4 Å². The van der Waals surface area contributed by atoms with Crippen LogP contribution in [0.3, 0.4) is 0 Å². The number of likely N-dealkylation sites (N-methyl/N-ethyl adjacent to an activating group) is 1. The fraction of sp³-hybridized carbons (Fsp3) is 0.267. The summed E-state index contributed by atoms with van der Waals surface area (Å²) in [5.41, 5.74) is 1.35. The highest BCUT2D eigenvalue weighted by atomic mass is 32.2. The first-order valence-corrected chi connectivity index (χ1v) is 8.50. The van der Waals surface area contributed by atoms with Gasteiger partial charge in [0.1, 0.15) is 0 Å². The van der Waals surface area contributed by atoms with E-state index >= 15 is 0 Å². The first kappa shape index (κ1) is 15.6. The Balaban J connectivity index is 1.97. The van der Waals surface area contributed by atoms with Crippen LogP contribution in [0.5, 0.6) is 0 Å². The van der Waals surface area contributed by atoms with E-state index in [0.29, 0.717) is 33.6 Å². The van der Waals surface area contributed by atoms with Crippen LogP contribution < -0.4 is 0 Å². The largest absolute Gasteiger partial charge is 0.343 e. The second kappa shape index (κ2) is 6.05. The molecule has 1 aromatic carbocycles. The zero-order valence-corrected chi connectivity index (χ0v) is 13.6. The smallest absolute Gasteiger partial charge is 0.243 e. The highest BCUT2D eigenvalue weighted by Crippen LogP contribution is 2.27. The maximum atomic E-state index is 13.0. The molecule has 2 aromatic heterocycles. The van der Waals surface area contributed by atoms with Gasteiger partial charge in [0.05, 0.1) is 10.4 Å². The van der Waals surface area contributed by atoms with E-state index in [1.807, 2.05) is 6.07 Å². The molecule has 3 rings (SSSR count). The molecule has 7 nitrogen and oxygen atoms in total. The van der Waals surface area contributed by atoms with Gasteiger partial charge >= 0.3 is 0 Å². The van der Waals surface area contributed by atoms with Crippen molar-refractivity contribution in [1.29, 1.82) is 0 Å². The van der Waals surface area contributed by atoms with E-state index in [1.165, 1.54) is 10.7 Å². The number of fused-ring (bicyclic) bond motifs is 1. The van der Waals surface area contributed by atoms with Crippen molar-refractivity contribution in [3.05, 3.63) is 48.2 Å². The number of sulfonamides is 1. The summed E-state index contributed by atoms with van der Waals surface area (Å²) in [6, 6.07) is 7.10. The van der Waals surface area contributed by atoms with E-state index < -0.39 is 10.0 Å². The molecule has 0 atom stereocenters. The average Bonchev–Trinajstić information content (AvgIpc) is 3.05. The Kier molecular flexibility index (Phi) is 4.10. The Morgan fingerprint density at radius 3 is 2.78 bits per heavy atom. The van der Waals surface area contributed by atoms with Crippen LogP contribution in [0.15, 0.2) is 46.3 Å². The summed E-state index contributed by atoms with van der Waals surface area (Å²) >= 11 is 0. The van der Waals surface area contributed by atoms with Gasteiger partial charge in [-0.1, -0.05) is 11.2 Å². The molecule has 0 spiro atoms. The fourth-order valence-corrected chi connectivity index (χ4v) is 3.98. The Labute approximate surface area is 134 Å². The summed E-state index contributed by atoms with van der Waals surface area (Å²) in [6.45, 7) is 2.05. The van der Waals surface area contributed by atoms with Gasteiger partial charge in [-0.25, -0.2) is 12.7 Å². The van der Waals surface area contributed by atoms with Crippen LogP contribution in [0.25, 0.3) is 10.9 Å². The third-order valence-electron chi connectivity index (χ3n) is 3.66. The van der Waals surface area contributed by atoms with Crippen molar-refractivity contribution in [2.45, 2.75) is 18.2 Å². The van der Waals surface area contributed by atoms with Crippen molar-refractivity contribution in [3.8, 4) is 0 Å². The van der Waals surface area contributed by atoms with Crippen LogP contribution in [0.2, 0.25) is 0 Å². The lowest BCUT2D eigenvalue weighted by Gasteiger charge is -2.19. The molecule has 8 heteroatoms. The molecule has 23 heavy (non-hydrogen) atoms. The summed E-state index contributed by atoms with van der Waals surface area (Å²) in [5, 5.41) is 4.32. The molecule has 0 unspecified atom stereocenters. The molecule has 0 aliphatic rings. The van der Waals surface area contributed by atoms with E-state index in [9.17, 15) is 8.42 Å². The van der Waals surface area contributed by atoms with Gasteiger partial charge in [0, 0.05) is 31.6 Å². The van der Waals surface area contributed by atoms with Crippen molar-refractivity contribution < 1.29 is 12.9 Å². The highest BCUT2D eigenvalue weighted by Gasteiger charge is 2.25. The Hall–Kier alpha value is -2.32. The minimum atomic E-state index is -3.64. The monoisotopic (exact) mass is 332 g/mol. The van der Waals surface area contributed by atoms with E-state index in [1.54, 1.807) is 38.4 Å². The molecule has 0 N–H and O–H groups in total. The second-order valence-electron chi connectivity index (χ2n) is 5.21. The summed E-state index contributed by atoms with van der Waals surface area (Å²) in [4.78, 5) is 8.42. The molecule has 0 saturated heterocycles. The molecule has 0 saturated carbocycles. The van der Waals surface area contributed by atoms with Crippen molar-refractivity contribution >= 4 is 20.9 Å². The zero-order chi connectivity index (χ0) is 16.4. The Morgan fingerprint density at radius 2 is 2.04 bits per heavy atom. The van der Waals surface area contributed by atoms with Crippen LogP contribution >= 0.6 is 0 Å². The lowest BCUT2D eigenvalue weighted by molar-refractivity contribution is 0.404. The van der Waals surface area contributed by atoms with Crippen LogP contribution in [0.4, 0.5) is 0 Å². The minimum absolute atomic E-state index is 0.262. The van der Waals surface area contributed by atoms with Gasteiger partial charge in [-0.3, -0.25) is 4.98 Å². The van der Waals surface area contributed by atoms with Crippen molar-refractivity contribution in [3.63, 3.8) is 0 Å². The highest BCUT2D eigenvalue weighted by molar-refractivity contribution is 7.89. The summed E-state index contributed by atoms with van der Waals surface area (Å²) < 4.78 is 31.9. The third kappa shape index (κ3) is 2.95. The summed E-state index contributed by atoms with van der Waals surface area (Å²) in [7, 11) is -2.10. The third-order valence-corrected chi connectivity index (χ3v) is 5.72. The molecule has 0 aliphatic heterocycles. The van der Waals surface area contributed by atoms with Crippen molar-refractivity contribution in [2.75, 3.05) is 13.6 Å². The number of hydrogen-bond donors (Lipinski definition) is 0. The lowest BCUT2D eigenvalue weighted by Crippen LogP contribution is -2.30. The lowest BCUT2D eigenvalue weighted by atomic mass is 10.1. The molecule has 0 radical (unpaired) electrons. The van der Waals surface area contributed by atoms with Gasteiger partial charge in [-0.2, -0.15) is 4.98 Å². The number of benzene rings is 1. The topological polar surface area (TPSA) is 89.2 Å². The molecular formula is C15H16N4O3S. The molecule has 120 valence electrons. The maximum absolute atomic E-state index is 13.0. The average molecular weight is 332 g/mol. The van der Waals surface area contributed by atoms with E-state index in [4.69, 9.17) is 0 Å². The number of nitrogens with zero attached hydrogens (tertiary/aromatic N) is 4. The molecular weight excluding hydrogens is 316 g/mol.